The van der Waals surface area contributed by atoms with Crippen molar-refractivity contribution in [1.29, 1.82) is 0 Å². The molecule has 0 spiro atoms. The van der Waals surface area contributed by atoms with Gasteiger partial charge in [-0.05, 0) is 107 Å². The van der Waals surface area contributed by atoms with E-state index in [1.165, 1.54) is 55.2 Å². The van der Waals surface area contributed by atoms with Crippen molar-refractivity contribution in [3.63, 3.8) is 0 Å². The summed E-state index contributed by atoms with van der Waals surface area (Å²) in [6.07, 6.45) is 0. The van der Waals surface area contributed by atoms with E-state index in [0.717, 1.165) is 39.5 Å². The van der Waals surface area contributed by atoms with E-state index in [4.69, 9.17) is 0 Å². The molecule has 0 unspecified atom stereocenters. The highest BCUT2D eigenvalue weighted by molar-refractivity contribution is 6.88. The van der Waals surface area contributed by atoms with Crippen LogP contribution in [0.3, 0.4) is 0 Å². The first kappa shape index (κ1) is 34.8. The van der Waals surface area contributed by atoms with Gasteiger partial charge in [0.05, 0.1) is 19.4 Å². The maximum Gasteiger partial charge on any atom is 0.125 e. The van der Waals surface area contributed by atoms with Crippen LogP contribution in [0.25, 0.3) is 32.7 Å². The summed E-state index contributed by atoms with van der Waals surface area (Å²) in [6.45, 7) is 13.9. The third kappa shape index (κ3) is 5.93. The smallest absolute Gasteiger partial charge is 0.125 e. The highest BCUT2D eigenvalue weighted by atomic mass is 28.3. The quantitative estimate of drug-likeness (QED) is 0.151. The van der Waals surface area contributed by atoms with E-state index >= 15 is 4.39 Å². The van der Waals surface area contributed by atoms with Crippen LogP contribution >= 0.6 is 0 Å². The van der Waals surface area contributed by atoms with Crippen LogP contribution in [-0.2, 0) is 5.41 Å². The van der Waals surface area contributed by atoms with Crippen molar-refractivity contribution >= 4 is 68.9 Å². The van der Waals surface area contributed by atoms with Crippen molar-refractivity contribution in [2.45, 2.75) is 45.8 Å². The zero-order valence-electron chi connectivity index (χ0n) is 32.4. The van der Waals surface area contributed by atoms with Gasteiger partial charge in [-0.3, -0.25) is 0 Å². The van der Waals surface area contributed by atoms with Crippen molar-refractivity contribution in [2.75, 3.05) is 9.80 Å². The molecule has 0 bridgehead atoms. The molecular formula is C51H45FN2Si. The molecule has 9 rings (SSSR count). The van der Waals surface area contributed by atoms with Gasteiger partial charge in [0.1, 0.15) is 5.82 Å². The molecule has 270 valence electrons. The Balaban J connectivity index is 1.25. The van der Waals surface area contributed by atoms with Crippen LogP contribution in [0.5, 0.6) is 0 Å². The third-order valence-electron chi connectivity index (χ3n) is 11.5. The zero-order chi connectivity index (χ0) is 38.1. The van der Waals surface area contributed by atoms with Gasteiger partial charge in [0.25, 0.3) is 0 Å². The van der Waals surface area contributed by atoms with Gasteiger partial charge in [-0.1, -0.05) is 141 Å². The Morgan fingerprint density at radius 1 is 0.491 bits per heavy atom. The molecule has 0 amide bonds. The minimum absolute atomic E-state index is 0.253. The molecule has 0 fully saturated rings. The molecule has 2 nitrogen and oxygen atoms in total. The summed E-state index contributed by atoms with van der Waals surface area (Å²) in [5.41, 5.74) is 12.2. The lowest BCUT2D eigenvalue weighted by atomic mass is 9.81. The fourth-order valence-corrected chi connectivity index (χ4v) is 9.72. The van der Waals surface area contributed by atoms with Crippen LogP contribution < -0.4 is 15.0 Å². The van der Waals surface area contributed by atoms with Gasteiger partial charge in [0.2, 0.25) is 0 Å². The average molecular weight is 733 g/mol. The van der Waals surface area contributed by atoms with Crippen molar-refractivity contribution in [3.05, 3.63) is 186 Å². The second kappa shape index (κ2) is 13.1. The Kier molecular flexibility index (Phi) is 8.29. The lowest BCUT2D eigenvalue weighted by Gasteiger charge is -2.30. The minimum atomic E-state index is -1.53. The molecule has 8 aromatic rings. The number of hydrogen-bond donors (Lipinski definition) is 0. The second-order valence-corrected chi connectivity index (χ2v) is 21.6. The number of halogens is 1. The van der Waals surface area contributed by atoms with Crippen LogP contribution in [-0.4, -0.2) is 8.07 Å². The predicted molar refractivity (Wildman–Crippen MR) is 236 cm³/mol. The van der Waals surface area contributed by atoms with E-state index in [2.05, 4.69) is 190 Å². The fourth-order valence-electron chi connectivity index (χ4n) is 8.55. The van der Waals surface area contributed by atoms with E-state index < -0.39 is 8.07 Å². The van der Waals surface area contributed by atoms with E-state index in [9.17, 15) is 0 Å². The number of anilines is 6. The summed E-state index contributed by atoms with van der Waals surface area (Å²) in [5.74, 6) is -0.253. The third-order valence-corrected chi connectivity index (χ3v) is 13.6. The highest BCUT2D eigenvalue weighted by Crippen LogP contribution is 2.56. The van der Waals surface area contributed by atoms with Gasteiger partial charge in [0.15, 0.2) is 0 Å². The maximum absolute atomic E-state index is 15.0. The summed E-state index contributed by atoms with van der Waals surface area (Å²) < 4.78 is 15.0. The van der Waals surface area contributed by atoms with Gasteiger partial charge in [-0.2, -0.15) is 0 Å². The van der Waals surface area contributed by atoms with E-state index in [1.807, 2.05) is 6.07 Å². The maximum atomic E-state index is 15.0. The summed E-state index contributed by atoms with van der Waals surface area (Å²) >= 11 is 0. The summed E-state index contributed by atoms with van der Waals surface area (Å²) in [6, 6.07) is 58.1. The molecule has 0 aliphatic heterocycles. The van der Waals surface area contributed by atoms with Gasteiger partial charge < -0.3 is 9.80 Å². The number of fused-ring (bicyclic) bond motifs is 6. The summed E-state index contributed by atoms with van der Waals surface area (Å²) in [4.78, 5) is 4.64. The molecule has 1 aliphatic carbocycles. The van der Waals surface area contributed by atoms with E-state index in [0.29, 0.717) is 0 Å². The number of rotatable bonds is 7. The number of nitrogens with zero attached hydrogens (tertiary/aromatic N) is 2. The molecule has 0 aromatic heterocycles. The van der Waals surface area contributed by atoms with E-state index in [1.54, 1.807) is 12.1 Å². The number of hydrogen-bond acceptors (Lipinski definition) is 2. The lowest BCUT2D eigenvalue weighted by molar-refractivity contribution is 0.628. The lowest BCUT2D eigenvalue weighted by Crippen LogP contribution is -2.37. The van der Waals surface area contributed by atoms with Crippen molar-refractivity contribution in [3.8, 4) is 11.1 Å². The van der Waals surface area contributed by atoms with Crippen LogP contribution in [0.1, 0.15) is 30.5 Å². The zero-order valence-corrected chi connectivity index (χ0v) is 33.4. The average Bonchev–Trinajstić information content (AvgIpc) is 3.41. The first-order chi connectivity index (χ1) is 26.5. The van der Waals surface area contributed by atoms with Crippen molar-refractivity contribution in [2.24, 2.45) is 0 Å². The topological polar surface area (TPSA) is 6.48 Å². The van der Waals surface area contributed by atoms with Gasteiger partial charge in [-0.25, -0.2) is 4.39 Å². The Morgan fingerprint density at radius 3 is 1.78 bits per heavy atom. The molecule has 0 radical (unpaired) electrons. The summed E-state index contributed by atoms with van der Waals surface area (Å²) in [7, 11) is -1.53. The van der Waals surface area contributed by atoms with Crippen LogP contribution in [0, 0.1) is 12.7 Å². The number of benzene rings is 8. The number of aryl methyl sites for hydroxylation is 1. The molecule has 8 aromatic carbocycles. The van der Waals surface area contributed by atoms with Gasteiger partial charge in [0, 0.05) is 38.9 Å². The monoisotopic (exact) mass is 732 g/mol. The van der Waals surface area contributed by atoms with Crippen LogP contribution in [0.15, 0.2) is 164 Å². The largest absolute Gasteiger partial charge is 0.310 e. The minimum Gasteiger partial charge on any atom is -0.310 e. The Bertz CT molecular complexity index is 2740. The van der Waals surface area contributed by atoms with Crippen molar-refractivity contribution in [1.82, 2.24) is 0 Å². The fraction of sp³-hybridized carbons (Fsp3) is 0.137. The second-order valence-electron chi connectivity index (χ2n) is 16.5. The SMILES string of the molecule is Cc1ccc(N(c2ccc3c(c2)C(C)(C)c2cc(N(c4ccc([Si](C)(C)C)cc4)c4cccc(F)c4)c4ccccc4c2-3)c2cccc3ccccc23)cc1. The summed E-state index contributed by atoms with van der Waals surface area (Å²) in [5, 5.41) is 6.14. The predicted octanol–water partition coefficient (Wildman–Crippen LogP) is 14.2. The van der Waals surface area contributed by atoms with E-state index in [-0.39, 0.29) is 11.2 Å². The molecule has 0 N–H and O–H groups in total. The first-order valence-corrected chi connectivity index (χ1v) is 22.7. The normalized spacial score (nSPS) is 13.1. The van der Waals surface area contributed by atoms with Gasteiger partial charge in [-0.15, -0.1) is 0 Å². The molecule has 4 heteroatoms. The molecule has 1 aliphatic rings. The molecule has 0 atom stereocenters. The molecule has 0 saturated heterocycles. The molecule has 0 saturated carbocycles. The van der Waals surface area contributed by atoms with Crippen molar-refractivity contribution < 1.29 is 4.39 Å². The molecular weight excluding hydrogens is 688 g/mol. The van der Waals surface area contributed by atoms with Crippen LogP contribution in [0.4, 0.5) is 38.5 Å². The Morgan fingerprint density at radius 2 is 1.07 bits per heavy atom. The highest BCUT2D eigenvalue weighted by Gasteiger charge is 2.38. The standard InChI is InChI=1S/C51H45FN2Si/c1-34-21-23-37(24-22-34)53(48-20-11-14-35-13-7-8-17-42(35)48)40-27-30-45-46(32-40)51(2,3)47-33-49(43-18-9-10-19-44(43)50(45)47)54(39-16-12-15-36(52)31-39)38-25-28-41(29-26-38)55(4,5)6/h7-33H,1-6H3. The van der Waals surface area contributed by atoms with Gasteiger partial charge >= 0.3 is 0 Å². The van der Waals surface area contributed by atoms with Crippen LogP contribution in [0.2, 0.25) is 19.6 Å². The molecule has 0 heterocycles. The Hall–Kier alpha value is -5.97. The Labute approximate surface area is 325 Å². The first-order valence-electron chi connectivity index (χ1n) is 19.2. The molecule has 55 heavy (non-hydrogen) atoms.